The highest BCUT2D eigenvalue weighted by Crippen LogP contribution is 2.28. The summed E-state index contributed by atoms with van der Waals surface area (Å²) in [6.07, 6.45) is -0.340. The van der Waals surface area contributed by atoms with Gasteiger partial charge in [-0.05, 0) is 50.3 Å². The van der Waals surface area contributed by atoms with Crippen LogP contribution in [0.4, 0.5) is 4.79 Å². The van der Waals surface area contributed by atoms with Crippen LogP contribution in [0.15, 0.2) is 0 Å². The first-order chi connectivity index (χ1) is 9.19. The number of ether oxygens (including phenoxy) is 2. The number of aryl methyl sites for hydroxylation is 1. The normalized spacial score (nSPS) is 18.2. The number of fused-ring (bicyclic) bond motifs is 1. The van der Waals surface area contributed by atoms with Crippen molar-refractivity contribution in [1.29, 1.82) is 0 Å². The summed E-state index contributed by atoms with van der Waals surface area (Å²) in [7, 11) is 1.73. The van der Waals surface area contributed by atoms with E-state index < -0.39 is 5.60 Å². The Morgan fingerprint density at radius 3 is 2.80 bits per heavy atom. The van der Waals surface area contributed by atoms with Crippen LogP contribution in [0.25, 0.3) is 0 Å². The fraction of sp³-hybridized carbons (Fsp3) is 0.692. The lowest BCUT2D eigenvalue weighted by Crippen LogP contribution is -2.47. The molecule has 0 spiro atoms. The molecule has 0 bridgehead atoms. The number of nitrogens with zero attached hydrogens (tertiary/aromatic N) is 3. The first-order valence-corrected chi connectivity index (χ1v) is 7.58. The molecule has 1 unspecified atom stereocenters. The smallest absolute Gasteiger partial charge is 0.410 e. The molecule has 6 nitrogen and oxygen atoms in total. The molecule has 0 radical (unpaired) electrons. The van der Waals surface area contributed by atoms with Crippen LogP contribution in [0.1, 0.15) is 26.5 Å². The lowest BCUT2D eigenvalue weighted by atomic mass is 10.2. The van der Waals surface area contributed by atoms with E-state index in [2.05, 4.69) is 27.7 Å². The maximum atomic E-state index is 12.1. The third-order valence-corrected chi connectivity index (χ3v) is 4.28. The van der Waals surface area contributed by atoms with Gasteiger partial charge in [-0.2, -0.15) is 5.10 Å². The summed E-state index contributed by atoms with van der Waals surface area (Å²) in [5.74, 6) is 0.789. The summed E-state index contributed by atoms with van der Waals surface area (Å²) < 4.78 is 13.9. The maximum Gasteiger partial charge on any atom is 0.410 e. The molecule has 0 N–H and O–H groups in total. The zero-order valence-electron chi connectivity index (χ0n) is 12.4. The van der Waals surface area contributed by atoms with E-state index in [9.17, 15) is 4.79 Å². The Balaban J connectivity index is 2.07. The van der Waals surface area contributed by atoms with Crippen molar-refractivity contribution in [2.45, 2.75) is 45.9 Å². The molecule has 0 aliphatic carbocycles. The number of halogens is 1. The number of carbonyl (C=O) groups is 1. The Morgan fingerprint density at radius 1 is 1.55 bits per heavy atom. The van der Waals surface area contributed by atoms with Gasteiger partial charge in [0.15, 0.2) is 0 Å². The number of rotatable bonds is 1. The predicted molar refractivity (Wildman–Crippen MR) is 83.0 cm³/mol. The second-order valence-electron chi connectivity index (χ2n) is 5.94. The number of amides is 1. The SMILES string of the molecule is Cc1nn2c(c1I)OCC(N(C)C(=O)OC(C)(C)C)C2. The van der Waals surface area contributed by atoms with Gasteiger partial charge in [-0.25, -0.2) is 9.48 Å². The molecule has 1 amide bonds. The average Bonchev–Trinajstić information content (AvgIpc) is 2.61. The minimum absolute atomic E-state index is 0.0764. The number of carbonyl (C=O) groups excluding carboxylic acids is 1. The molecule has 0 saturated heterocycles. The quantitative estimate of drug-likeness (QED) is 0.688. The van der Waals surface area contributed by atoms with Gasteiger partial charge in [0, 0.05) is 7.05 Å². The van der Waals surface area contributed by atoms with Crippen molar-refractivity contribution in [3.63, 3.8) is 0 Å². The van der Waals surface area contributed by atoms with Crippen molar-refractivity contribution in [3.8, 4) is 5.88 Å². The van der Waals surface area contributed by atoms with Crippen LogP contribution >= 0.6 is 22.6 Å². The van der Waals surface area contributed by atoms with Gasteiger partial charge in [0.05, 0.1) is 21.9 Å². The first kappa shape index (κ1) is 15.4. The van der Waals surface area contributed by atoms with Crippen LogP contribution in [0.2, 0.25) is 0 Å². The summed E-state index contributed by atoms with van der Waals surface area (Å²) in [4.78, 5) is 13.6. The maximum absolute atomic E-state index is 12.1. The fourth-order valence-electron chi connectivity index (χ4n) is 1.94. The molecular weight excluding hydrogens is 373 g/mol. The third-order valence-electron chi connectivity index (χ3n) is 3.04. The third kappa shape index (κ3) is 3.18. The molecule has 0 aromatic carbocycles. The summed E-state index contributed by atoms with van der Waals surface area (Å²) in [6.45, 7) is 8.59. The van der Waals surface area contributed by atoms with E-state index in [0.29, 0.717) is 13.2 Å². The second-order valence-corrected chi connectivity index (χ2v) is 7.02. The zero-order chi connectivity index (χ0) is 15.1. The van der Waals surface area contributed by atoms with Crippen molar-refractivity contribution >= 4 is 28.7 Å². The van der Waals surface area contributed by atoms with E-state index in [1.54, 1.807) is 11.9 Å². The number of hydrogen-bond donors (Lipinski definition) is 0. The van der Waals surface area contributed by atoms with E-state index in [-0.39, 0.29) is 12.1 Å². The van der Waals surface area contributed by atoms with Gasteiger partial charge in [-0.1, -0.05) is 0 Å². The highest BCUT2D eigenvalue weighted by molar-refractivity contribution is 14.1. The zero-order valence-corrected chi connectivity index (χ0v) is 14.6. The van der Waals surface area contributed by atoms with Gasteiger partial charge in [0.1, 0.15) is 12.2 Å². The molecule has 1 aromatic heterocycles. The molecule has 0 saturated carbocycles. The average molecular weight is 393 g/mol. The van der Waals surface area contributed by atoms with Crippen molar-refractivity contribution in [2.24, 2.45) is 0 Å². The van der Waals surface area contributed by atoms with Crippen LogP contribution < -0.4 is 4.74 Å². The Kier molecular flexibility index (Phi) is 4.17. The second kappa shape index (κ2) is 5.42. The van der Waals surface area contributed by atoms with Crippen molar-refractivity contribution in [1.82, 2.24) is 14.7 Å². The molecule has 1 aromatic rings. The lowest BCUT2D eigenvalue weighted by Gasteiger charge is -2.33. The molecule has 1 aliphatic heterocycles. The summed E-state index contributed by atoms with van der Waals surface area (Å²) >= 11 is 2.23. The monoisotopic (exact) mass is 393 g/mol. The molecular formula is C13H20IN3O3. The van der Waals surface area contributed by atoms with Crippen molar-refractivity contribution < 1.29 is 14.3 Å². The molecule has 0 fully saturated rings. The molecule has 112 valence electrons. The number of aromatic nitrogens is 2. The van der Waals surface area contributed by atoms with Crippen LogP contribution in [0, 0.1) is 10.5 Å². The summed E-state index contributed by atoms with van der Waals surface area (Å²) in [5, 5.41) is 4.42. The molecule has 2 heterocycles. The minimum Gasteiger partial charge on any atom is -0.475 e. The first-order valence-electron chi connectivity index (χ1n) is 6.50. The van der Waals surface area contributed by atoms with Gasteiger partial charge in [-0.3, -0.25) is 0 Å². The van der Waals surface area contributed by atoms with E-state index in [4.69, 9.17) is 9.47 Å². The van der Waals surface area contributed by atoms with E-state index in [1.165, 1.54) is 0 Å². The molecule has 1 atom stereocenters. The largest absolute Gasteiger partial charge is 0.475 e. The van der Waals surface area contributed by atoms with Crippen LogP contribution in [0.5, 0.6) is 5.88 Å². The molecule has 1 aliphatic rings. The molecule has 7 heteroatoms. The molecule has 2 rings (SSSR count). The number of hydrogen-bond acceptors (Lipinski definition) is 4. The van der Waals surface area contributed by atoms with Gasteiger partial charge in [-0.15, -0.1) is 0 Å². The Morgan fingerprint density at radius 2 is 2.20 bits per heavy atom. The van der Waals surface area contributed by atoms with E-state index in [0.717, 1.165) is 15.1 Å². The Labute approximate surface area is 132 Å². The van der Waals surface area contributed by atoms with E-state index in [1.807, 2.05) is 32.4 Å². The van der Waals surface area contributed by atoms with Crippen LogP contribution in [0.3, 0.4) is 0 Å². The Hall–Kier alpha value is -0.990. The van der Waals surface area contributed by atoms with Crippen LogP contribution in [-0.2, 0) is 11.3 Å². The fourth-order valence-corrected chi connectivity index (χ4v) is 2.49. The molecule has 20 heavy (non-hydrogen) atoms. The summed E-state index contributed by atoms with van der Waals surface area (Å²) in [5.41, 5.74) is 0.449. The summed E-state index contributed by atoms with van der Waals surface area (Å²) in [6, 6.07) is -0.0764. The van der Waals surface area contributed by atoms with Crippen molar-refractivity contribution in [2.75, 3.05) is 13.7 Å². The van der Waals surface area contributed by atoms with Gasteiger partial charge in [0.25, 0.3) is 0 Å². The highest BCUT2D eigenvalue weighted by Gasteiger charge is 2.31. The Bertz CT molecular complexity index is 522. The number of likely N-dealkylation sites (N-methyl/N-ethyl adjacent to an activating group) is 1. The van der Waals surface area contributed by atoms with Crippen LogP contribution in [-0.4, -0.2) is 46.1 Å². The predicted octanol–water partition coefficient (Wildman–Crippen LogP) is 2.42. The van der Waals surface area contributed by atoms with Gasteiger partial charge in [0.2, 0.25) is 5.88 Å². The highest BCUT2D eigenvalue weighted by atomic mass is 127. The standard InChI is InChI=1S/C13H20IN3O3/c1-8-10(14)11-17(15-8)6-9(7-19-11)16(5)12(18)20-13(2,3)4/h9H,6-7H2,1-5H3. The van der Waals surface area contributed by atoms with Gasteiger partial charge < -0.3 is 14.4 Å². The topological polar surface area (TPSA) is 56.6 Å². The van der Waals surface area contributed by atoms with Gasteiger partial charge >= 0.3 is 6.09 Å². The minimum atomic E-state index is -0.496. The van der Waals surface area contributed by atoms with E-state index >= 15 is 0 Å². The van der Waals surface area contributed by atoms with Crippen molar-refractivity contribution in [3.05, 3.63) is 9.26 Å². The lowest BCUT2D eigenvalue weighted by molar-refractivity contribution is 0.0104.